The maximum atomic E-state index is 10.6. The summed E-state index contributed by atoms with van der Waals surface area (Å²) in [6, 6.07) is 0. The minimum absolute atomic E-state index is 0.308. The standard InChI is InChI=1S/C10H19NO/c1-5-11-6-9(4)10(7-12)8(2)3/h8-9,11H,5-6H2,1-4H3. The molecule has 0 bridgehead atoms. The maximum absolute atomic E-state index is 10.6. The van der Waals surface area contributed by atoms with Crippen molar-refractivity contribution in [2.45, 2.75) is 27.7 Å². The Morgan fingerprint density at radius 3 is 2.33 bits per heavy atom. The lowest BCUT2D eigenvalue weighted by molar-refractivity contribution is 0.520. The Balaban J connectivity index is 4.05. The van der Waals surface area contributed by atoms with E-state index < -0.39 is 0 Å². The van der Waals surface area contributed by atoms with Crippen LogP contribution in [0.2, 0.25) is 0 Å². The minimum Gasteiger partial charge on any atom is -0.316 e. The van der Waals surface area contributed by atoms with Gasteiger partial charge in [0.15, 0.2) is 0 Å². The zero-order chi connectivity index (χ0) is 9.56. The Labute approximate surface area is 75.0 Å². The number of nitrogens with one attached hydrogen (secondary N) is 1. The monoisotopic (exact) mass is 169 g/mol. The summed E-state index contributed by atoms with van der Waals surface area (Å²) in [7, 11) is 0. The van der Waals surface area contributed by atoms with E-state index in [1.165, 1.54) is 0 Å². The Morgan fingerprint density at radius 1 is 1.42 bits per heavy atom. The quantitative estimate of drug-likeness (QED) is 0.634. The van der Waals surface area contributed by atoms with Gasteiger partial charge in [-0.25, -0.2) is 4.79 Å². The van der Waals surface area contributed by atoms with Crippen molar-refractivity contribution in [3.8, 4) is 0 Å². The molecule has 0 radical (unpaired) electrons. The van der Waals surface area contributed by atoms with Crippen LogP contribution in [0.15, 0.2) is 5.57 Å². The molecule has 1 atom stereocenters. The molecule has 12 heavy (non-hydrogen) atoms. The first-order chi connectivity index (χ1) is 5.63. The molecule has 2 nitrogen and oxygen atoms in total. The smallest absolute Gasteiger partial charge is 0.124 e. The number of rotatable bonds is 5. The van der Waals surface area contributed by atoms with Gasteiger partial charge in [0.2, 0.25) is 0 Å². The third-order valence-electron chi connectivity index (χ3n) is 1.97. The van der Waals surface area contributed by atoms with E-state index in [1.54, 1.807) is 0 Å². The fraction of sp³-hybridized carbons (Fsp3) is 0.800. The first-order valence-corrected chi connectivity index (χ1v) is 4.59. The highest BCUT2D eigenvalue weighted by atomic mass is 16.1. The van der Waals surface area contributed by atoms with E-state index in [0.29, 0.717) is 11.8 Å². The zero-order valence-electron chi connectivity index (χ0n) is 8.48. The zero-order valence-corrected chi connectivity index (χ0v) is 8.48. The van der Waals surface area contributed by atoms with E-state index in [-0.39, 0.29) is 0 Å². The number of hydrogen-bond donors (Lipinski definition) is 1. The Kier molecular flexibility index (Phi) is 5.69. The van der Waals surface area contributed by atoms with Gasteiger partial charge in [0.25, 0.3) is 0 Å². The van der Waals surface area contributed by atoms with Crippen molar-refractivity contribution in [1.29, 1.82) is 0 Å². The normalized spacial score (nSPS) is 12.8. The van der Waals surface area contributed by atoms with Crippen molar-refractivity contribution in [1.82, 2.24) is 5.32 Å². The van der Waals surface area contributed by atoms with E-state index in [9.17, 15) is 4.79 Å². The summed E-state index contributed by atoms with van der Waals surface area (Å²) in [6.07, 6.45) is 0. The summed E-state index contributed by atoms with van der Waals surface area (Å²) < 4.78 is 0. The third kappa shape index (κ3) is 3.70. The van der Waals surface area contributed by atoms with Gasteiger partial charge in [0.1, 0.15) is 5.94 Å². The van der Waals surface area contributed by atoms with Crippen LogP contribution in [-0.4, -0.2) is 19.0 Å². The van der Waals surface area contributed by atoms with E-state index in [0.717, 1.165) is 18.7 Å². The highest BCUT2D eigenvalue weighted by Crippen LogP contribution is 2.15. The van der Waals surface area contributed by atoms with Gasteiger partial charge in [-0.2, -0.15) is 0 Å². The van der Waals surface area contributed by atoms with Crippen molar-refractivity contribution < 1.29 is 4.79 Å². The molecule has 0 fully saturated rings. The lowest BCUT2D eigenvalue weighted by atomic mass is 9.93. The summed E-state index contributed by atoms with van der Waals surface area (Å²) in [5.74, 6) is 2.66. The Morgan fingerprint density at radius 2 is 2.00 bits per heavy atom. The molecule has 2 heteroatoms. The summed E-state index contributed by atoms with van der Waals surface area (Å²) >= 11 is 0. The van der Waals surface area contributed by atoms with Gasteiger partial charge >= 0.3 is 0 Å². The molecule has 1 N–H and O–H groups in total. The first kappa shape index (κ1) is 11.4. The van der Waals surface area contributed by atoms with E-state index in [4.69, 9.17) is 0 Å². The predicted octanol–water partition coefficient (Wildman–Crippen LogP) is 1.65. The molecule has 70 valence electrons. The Hall–Kier alpha value is -0.590. The number of hydrogen-bond acceptors (Lipinski definition) is 2. The van der Waals surface area contributed by atoms with Crippen LogP contribution < -0.4 is 5.32 Å². The molecule has 0 aromatic carbocycles. The summed E-state index contributed by atoms with van der Waals surface area (Å²) in [5.41, 5.74) is 0.885. The van der Waals surface area contributed by atoms with Gasteiger partial charge in [0.05, 0.1) is 0 Å². The fourth-order valence-electron chi connectivity index (χ4n) is 1.26. The van der Waals surface area contributed by atoms with Gasteiger partial charge < -0.3 is 5.32 Å². The van der Waals surface area contributed by atoms with Gasteiger partial charge in [-0.05, 0) is 12.5 Å². The second-order valence-electron chi connectivity index (χ2n) is 3.42. The minimum atomic E-state index is 0.308. The van der Waals surface area contributed by atoms with Crippen molar-refractivity contribution in [3.63, 3.8) is 0 Å². The van der Waals surface area contributed by atoms with Gasteiger partial charge in [0, 0.05) is 18.0 Å². The van der Waals surface area contributed by atoms with Crippen LogP contribution in [0.5, 0.6) is 0 Å². The van der Waals surface area contributed by atoms with E-state index in [2.05, 4.69) is 19.2 Å². The average Bonchev–Trinajstić information content (AvgIpc) is 2.01. The second-order valence-corrected chi connectivity index (χ2v) is 3.42. The van der Waals surface area contributed by atoms with Crippen LogP contribution in [0.25, 0.3) is 0 Å². The molecule has 0 spiro atoms. The van der Waals surface area contributed by atoms with Crippen LogP contribution in [0.3, 0.4) is 0 Å². The number of carbonyl (C=O) groups excluding carboxylic acids is 1. The SMILES string of the molecule is CCNCC(C)C(=C=O)C(C)C. The molecule has 0 saturated carbocycles. The molecule has 0 aliphatic heterocycles. The molecule has 0 saturated heterocycles. The van der Waals surface area contributed by atoms with Crippen molar-refractivity contribution in [2.24, 2.45) is 11.8 Å². The van der Waals surface area contributed by atoms with Gasteiger partial charge in [-0.3, -0.25) is 0 Å². The van der Waals surface area contributed by atoms with Crippen molar-refractivity contribution in [3.05, 3.63) is 5.57 Å². The van der Waals surface area contributed by atoms with Gasteiger partial charge in [-0.1, -0.05) is 27.7 Å². The summed E-state index contributed by atoms with van der Waals surface area (Å²) in [5, 5.41) is 3.22. The van der Waals surface area contributed by atoms with E-state index in [1.807, 2.05) is 19.8 Å². The molecule has 0 aromatic heterocycles. The van der Waals surface area contributed by atoms with Crippen LogP contribution in [0.4, 0.5) is 0 Å². The Bertz CT molecular complexity index is 169. The highest BCUT2D eigenvalue weighted by molar-refractivity contribution is 5.53. The van der Waals surface area contributed by atoms with Crippen LogP contribution in [-0.2, 0) is 4.79 Å². The lowest BCUT2D eigenvalue weighted by Crippen LogP contribution is -2.23. The molecule has 0 aromatic rings. The summed E-state index contributed by atoms with van der Waals surface area (Å²) in [6.45, 7) is 10.0. The molecule has 0 heterocycles. The average molecular weight is 169 g/mol. The van der Waals surface area contributed by atoms with Crippen molar-refractivity contribution >= 4 is 5.94 Å². The topological polar surface area (TPSA) is 29.1 Å². The fourth-order valence-corrected chi connectivity index (χ4v) is 1.26. The lowest BCUT2D eigenvalue weighted by Gasteiger charge is -2.15. The molecule has 0 aliphatic rings. The van der Waals surface area contributed by atoms with Crippen LogP contribution >= 0.6 is 0 Å². The largest absolute Gasteiger partial charge is 0.316 e. The molecule has 0 aliphatic carbocycles. The van der Waals surface area contributed by atoms with Crippen LogP contribution in [0.1, 0.15) is 27.7 Å². The third-order valence-corrected chi connectivity index (χ3v) is 1.97. The van der Waals surface area contributed by atoms with Crippen molar-refractivity contribution in [2.75, 3.05) is 13.1 Å². The highest BCUT2D eigenvalue weighted by Gasteiger charge is 2.12. The molecule has 0 amide bonds. The predicted molar refractivity (Wildman–Crippen MR) is 51.8 cm³/mol. The maximum Gasteiger partial charge on any atom is 0.124 e. The first-order valence-electron chi connectivity index (χ1n) is 4.59. The molecular formula is C10H19NO. The van der Waals surface area contributed by atoms with Gasteiger partial charge in [-0.15, -0.1) is 0 Å². The molecule has 1 unspecified atom stereocenters. The summed E-state index contributed by atoms with van der Waals surface area (Å²) in [4.78, 5) is 10.6. The molecule has 0 rings (SSSR count). The molecular weight excluding hydrogens is 150 g/mol. The second kappa shape index (κ2) is 5.99. The van der Waals surface area contributed by atoms with E-state index >= 15 is 0 Å². The van der Waals surface area contributed by atoms with Crippen LogP contribution in [0, 0.1) is 11.8 Å².